The van der Waals surface area contributed by atoms with Crippen LogP contribution < -0.4 is 5.73 Å². The van der Waals surface area contributed by atoms with Crippen LogP contribution in [0.25, 0.3) is 0 Å². The molecule has 1 atom stereocenters. The summed E-state index contributed by atoms with van der Waals surface area (Å²) in [7, 11) is 4.10. The highest BCUT2D eigenvalue weighted by Gasteiger charge is 2.46. The van der Waals surface area contributed by atoms with Gasteiger partial charge in [-0.2, -0.15) is 0 Å². The van der Waals surface area contributed by atoms with Crippen molar-refractivity contribution in [2.45, 2.75) is 5.60 Å². The predicted octanol–water partition coefficient (Wildman–Crippen LogP) is 1.06. The molecule has 14 heavy (non-hydrogen) atoms. The average molecular weight is 192 g/mol. The minimum atomic E-state index is -0.0983. The highest BCUT2D eigenvalue weighted by molar-refractivity contribution is 5.44. The number of nitrogens with two attached hydrogens (primary N) is 1. The second-order valence-electron chi connectivity index (χ2n) is 4.15. The molecule has 76 valence electrons. The van der Waals surface area contributed by atoms with Gasteiger partial charge in [0.25, 0.3) is 0 Å². The minimum Gasteiger partial charge on any atom is -0.399 e. The number of hydrogen-bond donors (Lipinski definition) is 1. The van der Waals surface area contributed by atoms with Gasteiger partial charge in [-0.1, -0.05) is 12.1 Å². The van der Waals surface area contributed by atoms with Crippen molar-refractivity contribution < 1.29 is 4.74 Å². The molecule has 0 amide bonds. The molecule has 0 aliphatic carbocycles. The summed E-state index contributed by atoms with van der Waals surface area (Å²) in [4.78, 5) is 2.14. The van der Waals surface area contributed by atoms with Crippen LogP contribution in [0.3, 0.4) is 0 Å². The van der Waals surface area contributed by atoms with Crippen LogP contribution in [0.5, 0.6) is 0 Å². The summed E-state index contributed by atoms with van der Waals surface area (Å²) in [5, 5.41) is 0. The molecule has 2 rings (SSSR count). The van der Waals surface area contributed by atoms with Gasteiger partial charge in [-0.15, -0.1) is 0 Å². The van der Waals surface area contributed by atoms with Crippen LogP contribution in [0.15, 0.2) is 24.3 Å². The number of hydrogen-bond acceptors (Lipinski definition) is 3. The molecule has 0 saturated carbocycles. The molecule has 1 aliphatic rings. The average Bonchev–Trinajstić information content (AvgIpc) is 2.84. The molecule has 3 heteroatoms. The lowest BCUT2D eigenvalue weighted by Crippen LogP contribution is -2.27. The Hall–Kier alpha value is -1.06. The third-order valence-electron chi connectivity index (χ3n) is 2.48. The second-order valence-corrected chi connectivity index (χ2v) is 4.15. The lowest BCUT2D eigenvalue weighted by Gasteiger charge is -2.17. The van der Waals surface area contributed by atoms with E-state index in [1.54, 1.807) is 0 Å². The maximum Gasteiger partial charge on any atom is 0.129 e. The highest BCUT2D eigenvalue weighted by Crippen LogP contribution is 2.39. The standard InChI is InChI=1S/C11H16N2O/c1-13(2)7-11(8-14-11)9-4-3-5-10(12)6-9/h3-6H,7-8,12H2,1-2H3. The van der Waals surface area contributed by atoms with E-state index in [-0.39, 0.29) is 5.60 Å². The van der Waals surface area contributed by atoms with Gasteiger partial charge in [0.05, 0.1) is 6.61 Å². The molecule has 1 fully saturated rings. The normalized spacial score (nSPS) is 25.4. The molecule has 0 spiro atoms. The molecule has 1 saturated heterocycles. The summed E-state index contributed by atoms with van der Waals surface area (Å²) in [6.07, 6.45) is 0. The number of likely N-dealkylation sites (N-methyl/N-ethyl adjacent to an activating group) is 1. The fourth-order valence-corrected chi connectivity index (χ4v) is 1.77. The van der Waals surface area contributed by atoms with Crippen molar-refractivity contribution in [2.75, 3.05) is 33.0 Å². The molecule has 1 aromatic rings. The van der Waals surface area contributed by atoms with Crippen LogP contribution in [-0.4, -0.2) is 32.1 Å². The van der Waals surface area contributed by atoms with E-state index in [1.165, 1.54) is 5.56 Å². The van der Waals surface area contributed by atoms with Gasteiger partial charge >= 0.3 is 0 Å². The van der Waals surface area contributed by atoms with Crippen molar-refractivity contribution in [1.82, 2.24) is 4.90 Å². The number of nitrogen functional groups attached to an aromatic ring is 1. The molecule has 0 radical (unpaired) electrons. The Balaban J connectivity index is 2.22. The monoisotopic (exact) mass is 192 g/mol. The lowest BCUT2D eigenvalue weighted by molar-refractivity contribution is 0.237. The highest BCUT2D eigenvalue weighted by atomic mass is 16.6. The van der Waals surface area contributed by atoms with E-state index in [0.717, 1.165) is 18.8 Å². The number of nitrogens with zero attached hydrogens (tertiary/aromatic N) is 1. The summed E-state index contributed by atoms with van der Waals surface area (Å²) in [6.45, 7) is 1.71. The molecule has 3 nitrogen and oxygen atoms in total. The number of ether oxygens (including phenoxy) is 1. The number of anilines is 1. The smallest absolute Gasteiger partial charge is 0.129 e. The van der Waals surface area contributed by atoms with Gasteiger partial charge < -0.3 is 15.4 Å². The molecule has 1 aromatic carbocycles. The van der Waals surface area contributed by atoms with Crippen molar-refractivity contribution in [1.29, 1.82) is 0 Å². The first-order valence-electron chi connectivity index (χ1n) is 4.77. The van der Waals surface area contributed by atoms with Gasteiger partial charge in [0.1, 0.15) is 5.60 Å². The van der Waals surface area contributed by atoms with E-state index < -0.39 is 0 Å². The van der Waals surface area contributed by atoms with Gasteiger partial charge in [0, 0.05) is 12.2 Å². The van der Waals surface area contributed by atoms with Crippen molar-refractivity contribution in [3.05, 3.63) is 29.8 Å². The SMILES string of the molecule is CN(C)CC1(c2cccc(N)c2)CO1. The number of benzene rings is 1. The second kappa shape index (κ2) is 3.26. The van der Waals surface area contributed by atoms with Crippen LogP contribution in [-0.2, 0) is 10.3 Å². The number of epoxide rings is 1. The van der Waals surface area contributed by atoms with E-state index in [9.17, 15) is 0 Å². The molecule has 1 aliphatic heterocycles. The van der Waals surface area contributed by atoms with E-state index in [4.69, 9.17) is 10.5 Å². The van der Waals surface area contributed by atoms with Crippen LogP contribution in [0.2, 0.25) is 0 Å². The summed E-state index contributed by atoms with van der Waals surface area (Å²) >= 11 is 0. The first kappa shape index (κ1) is 9.49. The summed E-state index contributed by atoms with van der Waals surface area (Å²) in [5.74, 6) is 0. The quantitative estimate of drug-likeness (QED) is 0.575. The molecular formula is C11H16N2O. The maximum atomic E-state index is 5.74. The van der Waals surface area contributed by atoms with Crippen molar-refractivity contribution in [3.63, 3.8) is 0 Å². The minimum absolute atomic E-state index is 0.0983. The maximum absolute atomic E-state index is 5.74. The van der Waals surface area contributed by atoms with E-state index in [1.807, 2.05) is 18.2 Å². The molecular weight excluding hydrogens is 176 g/mol. The molecule has 1 heterocycles. The van der Waals surface area contributed by atoms with Gasteiger partial charge in [-0.25, -0.2) is 0 Å². The van der Waals surface area contributed by atoms with Gasteiger partial charge in [0.15, 0.2) is 0 Å². The Morgan fingerprint density at radius 1 is 1.50 bits per heavy atom. The summed E-state index contributed by atoms with van der Waals surface area (Å²) < 4.78 is 5.55. The number of rotatable bonds is 3. The lowest BCUT2D eigenvalue weighted by atomic mass is 9.99. The Bertz CT molecular complexity index is 332. The van der Waals surface area contributed by atoms with Crippen molar-refractivity contribution >= 4 is 5.69 Å². The zero-order valence-corrected chi connectivity index (χ0v) is 8.66. The Morgan fingerprint density at radius 2 is 2.21 bits per heavy atom. The fourth-order valence-electron chi connectivity index (χ4n) is 1.77. The van der Waals surface area contributed by atoms with E-state index in [0.29, 0.717) is 0 Å². The van der Waals surface area contributed by atoms with Crippen molar-refractivity contribution in [3.8, 4) is 0 Å². The Labute approximate surface area is 84.5 Å². The Kier molecular flexibility index (Phi) is 2.21. The van der Waals surface area contributed by atoms with Crippen LogP contribution in [0, 0.1) is 0 Å². The van der Waals surface area contributed by atoms with Crippen LogP contribution in [0.1, 0.15) is 5.56 Å². The van der Waals surface area contributed by atoms with Gasteiger partial charge in [-0.05, 0) is 31.8 Å². The largest absolute Gasteiger partial charge is 0.399 e. The van der Waals surface area contributed by atoms with Crippen LogP contribution in [0.4, 0.5) is 5.69 Å². The van der Waals surface area contributed by atoms with Crippen LogP contribution >= 0.6 is 0 Å². The topological polar surface area (TPSA) is 41.8 Å². The van der Waals surface area contributed by atoms with Gasteiger partial charge in [0.2, 0.25) is 0 Å². The van der Waals surface area contributed by atoms with E-state index in [2.05, 4.69) is 25.1 Å². The third-order valence-corrected chi connectivity index (χ3v) is 2.48. The zero-order valence-electron chi connectivity index (χ0n) is 8.66. The predicted molar refractivity (Wildman–Crippen MR) is 57.0 cm³/mol. The molecule has 0 bridgehead atoms. The molecule has 1 unspecified atom stereocenters. The summed E-state index contributed by atoms with van der Waals surface area (Å²) in [5.41, 5.74) is 7.63. The van der Waals surface area contributed by atoms with E-state index >= 15 is 0 Å². The first-order valence-corrected chi connectivity index (χ1v) is 4.77. The molecule has 2 N–H and O–H groups in total. The molecule has 0 aromatic heterocycles. The van der Waals surface area contributed by atoms with Gasteiger partial charge in [-0.3, -0.25) is 0 Å². The Morgan fingerprint density at radius 3 is 2.71 bits per heavy atom. The zero-order chi connectivity index (χ0) is 10.2. The van der Waals surface area contributed by atoms with Crippen molar-refractivity contribution in [2.24, 2.45) is 0 Å². The third kappa shape index (κ3) is 1.74. The fraction of sp³-hybridized carbons (Fsp3) is 0.455. The summed E-state index contributed by atoms with van der Waals surface area (Å²) in [6, 6.07) is 7.95. The first-order chi connectivity index (χ1) is 6.62.